The molecule has 1 aliphatic heterocycles. The molecule has 0 radical (unpaired) electrons. The Morgan fingerprint density at radius 3 is 3.00 bits per heavy atom. The number of rotatable bonds is 5. The van der Waals surface area contributed by atoms with E-state index in [4.69, 9.17) is 9.47 Å². The van der Waals surface area contributed by atoms with Crippen molar-refractivity contribution < 1.29 is 19.1 Å². The third-order valence-electron chi connectivity index (χ3n) is 3.47. The van der Waals surface area contributed by atoms with E-state index >= 15 is 0 Å². The molecule has 1 saturated heterocycles. The van der Waals surface area contributed by atoms with Crippen LogP contribution in [0.25, 0.3) is 0 Å². The number of carbonyl (C=O) groups excluding carboxylic acids is 2. The van der Waals surface area contributed by atoms with Gasteiger partial charge in [-0.2, -0.15) is 11.8 Å². The van der Waals surface area contributed by atoms with Gasteiger partial charge in [-0.1, -0.05) is 0 Å². The second-order valence-corrected chi connectivity index (χ2v) is 7.16. The molecule has 1 amide bonds. The number of carbonyl (C=O) groups is 2. The first-order chi connectivity index (χ1) is 11.7. The predicted molar refractivity (Wildman–Crippen MR) is 94.2 cm³/mol. The number of amides is 1. The Bertz CT molecular complexity index is 741. The van der Waals surface area contributed by atoms with Gasteiger partial charge < -0.3 is 14.8 Å². The highest BCUT2D eigenvalue weighted by atomic mass is 32.2. The van der Waals surface area contributed by atoms with Crippen LogP contribution in [0.3, 0.4) is 0 Å². The number of aromatic nitrogens is 1. The molecule has 0 spiro atoms. The zero-order valence-electron chi connectivity index (χ0n) is 13.0. The van der Waals surface area contributed by atoms with Gasteiger partial charge in [-0.15, -0.1) is 11.3 Å². The largest absolute Gasteiger partial charge is 0.473 e. The fraction of sp³-hybridized carbons (Fsp3) is 0.312. The Morgan fingerprint density at radius 2 is 2.25 bits per heavy atom. The number of nitrogens with zero attached hydrogens (tertiary/aromatic N) is 1. The first kappa shape index (κ1) is 16.8. The molecule has 3 rings (SSSR count). The van der Waals surface area contributed by atoms with E-state index in [1.165, 1.54) is 18.4 Å². The standard InChI is InChI=1S/C16H16N2O4S2/c1-21-16(20)12-4-7-24-15(12)18-14(19)10-2-5-17-13(8-10)22-11-3-6-23-9-11/h2,4-5,7-8,11H,3,6,9H2,1H3,(H,18,19)/t11-/m0/s1. The van der Waals surface area contributed by atoms with Crippen molar-refractivity contribution in [3.63, 3.8) is 0 Å². The number of methoxy groups -OCH3 is 1. The molecule has 3 heterocycles. The summed E-state index contributed by atoms with van der Waals surface area (Å²) in [6.07, 6.45) is 2.67. The SMILES string of the molecule is COC(=O)c1ccsc1NC(=O)c1ccnc(O[C@H]2CCSC2)c1. The van der Waals surface area contributed by atoms with Gasteiger partial charge in [0.2, 0.25) is 5.88 Å². The Balaban J connectivity index is 1.71. The smallest absolute Gasteiger partial charge is 0.340 e. The minimum atomic E-state index is -0.482. The molecule has 24 heavy (non-hydrogen) atoms. The van der Waals surface area contributed by atoms with Gasteiger partial charge in [0.15, 0.2) is 0 Å². The van der Waals surface area contributed by atoms with E-state index in [2.05, 4.69) is 10.3 Å². The Kier molecular flexibility index (Phi) is 5.37. The minimum Gasteiger partial charge on any atom is -0.473 e. The Morgan fingerprint density at radius 1 is 1.38 bits per heavy atom. The lowest BCUT2D eigenvalue weighted by Crippen LogP contribution is -2.17. The highest BCUT2D eigenvalue weighted by Gasteiger charge is 2.19. The molecule has 2 aromatic rings. The first-order valence-electron chi connectivity index (χ1n) is 7.35. The number of ether oxygens (including phenoxy) is 2. The number of anilines is 1. The van der Waals surface area contributed by atoms with E-state index in [9.17, 15) is 9.59 Å². The van der Waals surface area contributed by atoms with Gasteiger partial charge in [0, 0.05) is 23.6 Å². The maximum Gasteiger partial charge on any atom is 0.340 e. The molecule has 1 N–H and O–H groups in total. The molecule has 1 fully saturated rings. The zero-order valence-corrected chi connectivity index (χ0v) is 14.6. The summed E-state index contributed by atoms with van der Waals surface area (Å²) in [6, 6.07) is 4.84. The number of hydrogen-bond donors (Lipinski definition) is 1. The summed E-state index contributed by atoms with van der Waals surface area (Å²) in [5, 5.41) is 4.91. The lowest BCUT2D eigenvalue weighted by molar-refractivity contribution is 0.0602. The van der Waals surface area contributed by atoms with Crippen molar-refractivity contribution >= 4 is 40.0 Å². The third-order valence-corrected chi connectivity index (χ3v) is 5.43. The molecule has 1 aliphatic rings. The van der Waals surface area contributed by atoms with Crippen LogP contribution in [0.4, 0.5) is 5.00 Å². The molecule has 1 atom stereocenters. The van der Waals surface area contributed by atoms with Crippen molar-refractivity contribution in [3.05, 3.63) is 40.9 Å². The van der Waals surface area contributed by atoms with Gasteiger partial charge in [-0.3, -0.25) is 4.79 Å². The molecule has 0 saturated carbocycles. The van der Waals surface area contributed by atoms with Gasteiger partial charge in [-0.25, -0.2) is 9.78 Å². The van der Waals surface area contributed by atoms with Crippen molar-refractivity contribution in [3.8, 4) is 5.88 Å². The molecular formula is C16H16N2O4S2. The number of nitrogens with one attached hydrogen (secondary N) is 1. The van der Waals surface area contributed by atoms with Crippen molar-refractivity contribution in [1.29, 1.82) is 0 Å². The van der Waals surface area contributed by atoms with E-state index in [0.717, 1.165) is 17.9 Å². The first-order valence-corrected chi connectivity index (χ1v) is 9.38. The van der Waals surface area contributed by atoms with E-state index in [1.54, 1.807) is 29.8 Å². The van der Waals surface area contributed by atoms with E-state index in [0.29, 0.717) is 22.0 Å². The summed E-state index contributed by atoms with van der Waals surface area (Å²) in [4.78, 5) is 28.2. The number of thioether (sulfide) groups is 1. The summed E-state index contributed by atoms with van der Waals surface area (Å²) in [5.74, 6) is 1.66. The average Bonchev–Trinajstić information content (AvgIpc) is 3.26. The monoisotopic (exact) mass is 364 g/mol. The molecule has 2 aromatic heterocycles. The summed E-state index contributed by atoms with van der Waals surface area (Å²) in [5.41, 5.74) is 0.763. The molecule has 0 aliphatic carbocycles. The summed E-state index contributed by atoms with van der Waals surface area (Å²) >= 11 is 3.11. The second kappa shape index (κ2) is 7.67. The number of hydrogen-bond acceptors (Lipinski definition) is 7. The summed E-state index contributed by atoms with van der Waals surface area (Å²) in [7, 11) is 1.30. The van der Waals surface area contributed by atoms with Crippen LogP contribution in [-0.4, -0.2) is 41.6 Å². The topological polar surface area (TPSA) is 77.5 Å². The average molecular weight is 364 g/mol. The van der Waals surface area contributed by atoms with Crippen LogP contribution in [0.5, 0.6) is 5.88 Å². The van der Waals surface area contributed by atoms with Crippen molar-refractivity contribution in [2.75, 3.05) is 23.9 Å². The molecule has 8 heteroatoms. The summed E-state index contributed by atoms with van der Waals surface area (Å²) in [6.45, 7) is 0. The van der Waals surface area contributed by atoms with E-state index in [1.807, 2.05) is 11.8 Å². The normalized spacial score (nSPS) is 16.6. The molecule has 0 unspecified atom stereocenters. The van der Waals surface area contributed by atoms with E-state index < -0.39 is 5.97 Å². The molecule has 6 nitrogen and oxygen atoms in total. The van der Waals surface area contributed by atoms with Crippen LogP contribution < -0.4 is 10.1 Å². The quantitative estimate of drug-likeness (QED) is 0.822. The van der Waals surface area contributed by atoms with E-state index in [-0.39, 0.29) is 12.0 Å². The fourth-order valence-corrected chi connectivity index (χ4v) is 4.11. The zero-order chi connectivity index (χ0) is 16.9. The molecular weight excluding hydrogens is 348 g/mol. The summed E-state index contributed by atoms with van der Waals surface area (Å²) < 4.78 is 10.5. The van der Waals surface area contributed by atoms with Crippen LogP contribution >= 0.6 is 23.1 Å². The molecule has 0 bridgehead atoms. The van der Waals surface area contributed by atoms with Gasteiger partial charge in [0.05, 0.1) is 12.7 Å². The maximum atomic E-state index is 12.4. The number of thiophene rings is 1. The predicted octanol–water partition coefficient (Wildman–Crippen LogP) is 3.07. The second-order valence-electron chi connectivity index (χ2n) is 5.10. The van der Waals surface area contributed by atoms with Gasteiger partial charge in [-0.05, 0) is 29.7 Å². The van der Waals surface area contributed by atoms with Crippen molar-refractivity contribution in [1.82, 2.24) is 4.98 Å². The fourth-order valence-electron chi connectivity index (χ4n) is 2.24. The van der Waals surface area contributed by atoms with Crippen LogP contribution in [0.1, 0.15) is 27.1 Å². The maximum absolute atomic E-state index is 12.4. The van der Waals surface area contributed by atoms with Crippen molar-refractivity contribution in [2.24, 2.45) is 0 Å². The highest BCUT2D eigenvalue weighted by molar-refractivity contribution is 7.99. The van der Waals surface area contributed by atoms with Crippen LogP contribution in [0.15, 0.2) is 29.8 Å². The highest BCUT2D eigenvalue weighted by Crippen LogP contribution is 2.25. The number of esters is 1. The van der Waals surface area contributed by atoms with Crippen LogP contribution in [-0.2, 0) is 4.74 Å². The minimum absolute atomic E-state index is 0.143. The Hall–Kier alpha value is -2.06. The van der Waals surface area contributed by atoms with Gasteiger partial charge >= 0.3 is 5.97 Å². The van der Waals surface area contributed by atoms with Gasteiger partial charge in [0.25, 0.3) is 5.91 Å². The molecule has 0 aromatic carbocycles. The van der Waals surface area contributed by atoms with Crippen molar-refractivity contribution in [2.45, 2.75) is 12.5 Å². The van der Waals surface area contributed by atoms with Crippen LogP contribution in [0.2, 0.25) is 0 Å². The lowest BCUT2D eigenvalue weighted by atomic mass is 10.2. The molecule has 126 valence electrons. The Labute approximate surface area is 147 Å². The number of pyridine rings is 1. The van der Waals surface area contributed by atoms with Gasteiger partial charge in [0.1, 0.15) is 11.1 Å². The lowest BCUT2D eigenvalue weighted by Gasteiger charge is -2.12. The third kappa shape index (κ3) is 3.88. The van der Waals surface area contributed by atoms with Crippen LogP contribution in [0, 0.1) is 0 Å².